The number of nitrogens with one attached hydrogen (secondary N) is 1. The SMILES string of the molecule is COc1cc(/C=C2\SC(=S)N(CCCC(=O)Nc3ccc(S(N)(=O)=O)cc3)C2=O)cc(OC)c1O. The molecule has 2 aromatic rings. The van der Waals surface area contributed by atoms with Gasteiger partial charge in [0.05, 0.1) is 24.0 Å². The van der Waals surface area contributed by atoms with Crippen molar-refractivity contribution in [2.24, 2.45) is 5.14 Å². The van der Waals surface area contributed by atoms with Gasteiger partial charge in [0, 0.05) is 18.7 Å². The number of nitrogens with zero attached hydrogens (tertiary/aromatic N) is 1. The van der Waals surface area contributed by atoms with E-state index in [9.17, 15) is 23.1 Å². The summed E-state index contributed by atoms with van der Waals surface area (Å²) in [6.07, 6.45) is 2.11. The monoisotopic (exact) mass is 537 g/mol. The number of aromatic hydroxyl groups is 1. The molecule has 0 atom stereocenters. The van der Waals surface area contributed by atoms with Crippen molar-refractivity contribution in [1.29, 1.82) is 0 Å². The number of phenolic OH excluding ortho intramolecular Hbond substituents is 1. The van der Waals surface area contributed by atoms with Gasteiger partial charge in [-0.05, 0) is 54.5 Å². The first-order valence-corrected chi connectivity index (χ1v) is 12.9. The fourth-order valence-electron chi connectivity index (χ4n) is 3.19. The van der Waals surface area contributed by atoms with Crippen LogP contribution in [0.1, 0.15) is 18.4 Å². The van der Waals surface area contributed by atoms with Crippen LogP contribution < -0.4 is 19.9 Å². The Hall–Kier alpha value is -3.13. The molecular weight excluding hydrogens is 514 g/mol. The van der Waals surface area contributed by atoms with E-state index in [-0.39, 0.29) is 46.9 Å². The zero-order valence-corrected chi connectivity index (χ0v) is 21.3. The van der Waals surface area contributed by atoms with Crippen molar-refractivity contribution in [1.82, 2.24) is 4.90 Å². The van der Waals surface area contributed by atoms with Gasteiger partial charge in [-0.2, -0.15) is 0 Å². The third kappa shape index (κ3) is 6.51. The van der Waals surface area contributed by atoms with Crippen LogP contribution in [0.2, 0.25) is 0 Å². The molecule has 35 heavy (non-hydrogen) atoms. The maximum absolute atomic E-state index is 12.9. The number of methoxy groups -OCH3 is 2. The van der Waals surface area contributed by atoms with Gasteiger partial charge in [0.1, 0.15) is 4.32 Å². The molecule has 13 heteroatoms. The molecule has 1 heterocycles. The Labute approximate surface area is 212 Å². The summed E-state index contributed by atoms with van der Waals surface area (Å²) in [4.78, 5) is 26.9. The number of sulfonamides is 1. The number of ether oxygens (including phenoxy) is 2. The van der Waals surface area contributed by atoms with E-state index in [1.165, 1.54) is 43.4 Å². The van der Waals surface area contributed by atoms with E-state index in [4.69, 9.17) is 26.8 Å². The number of benzene rings is 2. The molecule has 1 aliphatic heterocycles. The Kier molecular flexibility index (Phi) is 8.38. The molecule has 0 spiro atoms. The second-order valence-electron chi connectivity index (χ2n) is 7.33. The normalized spacial score (nSPS) is 14.9. The van der Waals surface area contributed by atoms with Crippen LogP contribution in [0.4, 0.5) is 5.69 Å². The lowest BCUT2D eigenvalue weighted by Crippen LogP contribution is -2.29. The summed E-state index contributed by atoms with van der Waals surface area (Å²) in [7, 11) is -0.988. The minimum Gasteiger partial charge on any atom is -0.502 e. The second-order valence-corrected chi connectivity index (χ2v) is 10.6. The number of carbonyl (C=O) groups is 2. The first-order valence-electron chi connectivity index (χ1n) is 10.2. The third-order valence-electron chi connectivity index (χ3n) is 4.93. The van der Waals surface area contributed by atoms with Crippen molar-refractivity contribution in [3.05, 3.63) is 46.9 Å². The average molecular weight is 538 g/mol. The summed E-state index contributed by atoms with van der Waals surface area (Å²) in [6, 6.07) is 8.64. The fraction of sp³-hybridized carbons (Fsp3) is 0.227. The van der Waals surface area contributed by atoms with Gasteiger partial charge in [-0.3, -0.25) is 14.5 Å². The smallest absolute Gasteiger partial charge is 0.266 e. The first kappa shape index (κ1) is 26.5. The van der Waals surface area contributed by atoms with Crippen LogP contribution in [0.15, 0.2) is 46.2 Å². The quantitative estimate of drug-likeness (QED) is 0.324. The molecule has 1 fully saturated rings. The van der Waals surface area contributed by atoms with E-state index in [0.29, 0.717) is 26.9 Å². The number of anilines is 1. The highest BCUT2D eigenvalue weighted by atomic mass is 32.2. The van der Waals surface area contributed by atoms with Crippen LogP contribution in [0.3, 0.4) is 0 Å². The van der Waals surface area contributed by atoms with Gasteiger partial charge in [-0.15, -0.1) is 0 Å². The van der Waals surface area contributed by atoms with Crippen LogP contribution in [0, 0.1) is 0 Å². The summed E-state index contributed by atoms with van der Waals surface area (Å²) in [6.45, 7) is 0.252. The minimum absolute atomic E-state index is 0.0536. The summed E-state index contributed by atoms with van der Waals surface area (Å²) in [5.74, 6) is -0.311. The Morgan fingerprint density at radius 1 is 1.20 bits per heavy atom. The maximum atomic E-state index is 12.9. The van der Waals surface area contributed by atoms with Gasteiger partial charge in [0.15, 0.2) is 11.5 Å². The highest BCUT2D eigenvalue weighted by Gasteiger charge is 2.31. The lowest BCUT2D eigenvalue weighted by Gasteiger charge is -2.14. The van der Waals surface area contributed by atoms with E-state index in [2.05, 4.69) is 5.32 Å². The van der Waals surface area contributed by atoms with Crippen molar-refractivity contribution >= 4 is 61.9 Å². The highest BCUT2D eigenvalue weighted by molar-refractivity contribution is 8.26. The number of hydrogen-bond acceptors (Lipinski definition) is 9. The molecule has 10 nitrogen and oxygen atoms in total. The summed E-state index contributed by atoms with van der Waals surface area (Å²) in [5.41, 5.74) is 1.01. The molecule has 0 bridgehead atoms. The van der Waals surface area contributed by atoms with Crippen LogP contribution >= 0.6 is 24.0 Å². The van der Waals surface area contributed by atoms with Crippen molar-refractivity contribution in [2.75, 3.05) is 26.1 Å². The molecule has 0 aliphatic carbocycles. The van der Waals surface area contributed by atoms with Gasteiger partial charge in [0.2, 0.25) is 21.7 Å². The van der Waals surface area contributed by atoms with E-state index in [1.54, 1.807) is 18.2 Å². The lowest BCUT2D eigenvalue weighted by molar-refractivity contribution is -0.122. The van der Waals surface area contributed by atoms with Gasteiger partial charge in [0.25, 0.3) is 5.91 Å². The van der Waals surface area contributed by atoms with Crippen molar-refractivity contribution in [3.63, 3.8) is 0 Å². The Bertz CT molecular complexity index is 1270. The Morgan fingerprint density at radius 2 is 1.80 bits per heavy atom. The molecule has 0 unspecified atom stereocenters. The number of rotatable bonds is 9. The number of hydrogen-bond donors (Lipinski definition) is 3. The van der Waals surface area contributed by atoms with E-state index in [1.807, 2.05) is 0 Å². The molecular formula is C22H23N3O7S3. The van der Waals surface area contributed by atoms with E-state index in [0.717, 1.165) is 11.8 Å². The van der Waals surface area contributed by atoms with Gasteiger partial charge in [-0.25, -0.2) is 13.6 Å². The van der Waals surface area contributed by atoms with Crippen molar-refractivity contribution in [3.8, 4) is 17.2 Å². The summed E-state index contributed by atoms with van der Waals surface area (Å²) < 4.78 is 33.3. The molecule has 2 amide bonds. The topological polar surface area (TPSA) is 148 Å². The minimum atomic E-state index is -3.81. The van der Waals surface area contributed by atoms with E-state index >= 15 is 0 Å². The maximum Gasteiger partial charge on any atom is 0.266 e. The number of carbonyl (C=O) groups excluding carboxylic acids is 2. The van der Waals surface area contributed by atoms with Crippen molar-refractivity contribution < 1.29 is 32.6 Å². The predicted octanol–water partition coefficient (Wildman–Crippen LogP) is 2.68. The lowest BCUT2D eigenvalue weighted by atomic mass is 10.1. The van der Waals surface area contributed by atoms with Gasteiger partial charge >= 0.3 is 0 Å². The number of nitrogens with two attached hydrogens (primary N) is 1. The van der Waals surface area contributed by atoms with Crippen LogP contribution in [0.25, 0.3) is 6.08 Å². The fourth-order valence-corrected chi connectivity index (χ4v) is 5.01. The molecule has 186 valence electrons. The van der Waals surface area contributed by atoms with Gasteiger partial charge < -0.3 is 19.9 Å². The zero-order valence-electron chi connectivity index (χ0n) is 18.8. The Balaban J connectivity index is 1.59. The number of thiocarbonyl (C=S) groups is 1. The summed E-state index contributed by atoms with van der Waals surface area (Å²) in [5, 5.41) is 17.8. The molecule has 4 N–H and O–H groups in total. The Morgan fingerprint density at radius 3 is 2.34 bits per heavy atom. The highest BCUT2D eigenvalue weighted by Crippen LogP contribution is 2.39. The largest absolute Gasteiger partial charge is 0.502 e. The first-order chi connectivity index (χ1) is 16.5. The summed E-state index contributed by atoms with van der Waals surface area (Å²) >= 11 is 6.47. The van der Waals surface area contributed by atoms with Crippen LogP contribution in [-0.4, -0.2) is 55.3 Å². The number of amides is 2. The van der Waals surface area contributed by atoms with Crippen LogP contribution in [-0.2, 0) is 19.6 Å². The van der Waals surface area contributed by atoms with Gasteiger partial charge in [-0.1, -0.05) is 24.0 Å². The zero-order chi connectivity index (χ0) is 25.8. The molecule has 0 saturated carbocycles. The standard InChI is InChI=1S/C22H23N3O7S3/c1-31-16-10-13(11-17(32-2)20(16)27)12-18-21(28)25(22(33)34-18)9-3-4-19(26)24-14-5-7-15(8-6-14)35(23,29)30/h5-8,10-12,27H,3-4,9H2,1-2H3,(H,24,26)(H2,23,29,30)/b18-12-. The molecule has 0 aromatic heterocycles. The molecule has 1 aliphatic rings. The van der Waals surface area contributed by atoms with Crippen molar-refractivity contribution in [2.45, 2.75) is 17.7 Å². The third-order valence-corrected chi connectivity index (χ3v) is 7.23. The second kappa shape index (κ2) is 11.1. The van der Waals surface area contributed by atoms with Crippen LogP contribution in [0.5, 0.6) is 17.2 Å². The van der Waals surface area contributed by atoms with E-state index < -0.39 is 10.0 Å². The number of thioether (sulfide) groups is 1. The molecule has 3 rings (SSSR count). The number of primary sulfonamides is 1. The predicted molar refractivity (Wildman–Crippen MR) is 137 cm³/mol. The number of phenols is 1. The average Bonchev–Trinajstić information content (AvgIpc) is 3.07. The molecule has 2 aromatic carbocycles. The molecule has 0 radical (unpaired) electrons. The molecule has 1 saturated heterocycles.